The minimum absolute atomic E-state index is 0.0284. The van der Waals surface area contributed by atoms with Crippen LogP contribution in [0.1, 0.15) is 41.4 Å². The number of piperazine rings is 1. The zero-order valence-electron chi connectivity index (χ0n) is 19.1. The largest absolute Gasteiger partial charge is 0.368 e. The van der Waals surface area contributed by atoms with Gasteiger partial charge in [-0.25, -0.2) is 4.98 Å². The smallest absolute Gasteiger partial charge is 0.272 e. The summed E-state index contributed by atoms with van der Waals surface area (Å²) in [5, 5.41) is 0. The van der Waals surface area contributed by atoms with Crippen molar-refractivity contribution in [3.05, 3.63) is 63.8 Å². The number of hydrogen-bond donors (Lipinski definition) is 1. The maximum absolute atomic E-state index is 12.5. The number of aromatic nitrogens is 3. The van der Waals surface area contributed by atoms with E-state index in [4.69, 9.17) is 0 Å². The van der Waals surface area contributed by atoms with Gasteiger partial charge in [0.05, 0.1) is 22.9 Å². The summed E-state index contributed by atoms with van der Waals surface area (Å²) in [5.41, 5.74) is 5.06. The van der Waals surface area contributed by atoms with Crippen LogP contribution in [0.15, 0.2) is 41.5 Å². The van der Waals surface area contributed by atoms with Gasteiger partial charge in [-0.1, -0.05) is 6.92 Å². The third-order valence-corrected chi connectivity index (χ3v) is 6.71. The van der Waals surface area contributed by atoms with E-state index < -0.39 is 0 Å². The van der Waals surface area contributed by atoms with Gasteiger partial charge in [-0.2, -0.15) is 0 Å². The first-order valence-electron chi connectivity index (χ1n) is 11.8. The lowest BCUT2D eigenvalue weighted by Crippen LogP contribution is -2.46. The second-order valence-corrected chi connectivity index (χ2v) is 8.92. The number of anilines is 1. The van der Waals surface area contributed by atoms with E-state index in [1.807, 2.05) is 48.5 Å². The number of likely N-dealkylation sites (tertiary alicyclic amines) is 1. The molecular weight excluding hydrogens is 416 g/mol. The van der Waals surface area contributed by atoms with Gasteiger partial charge in [0.25, 0.3) is 11.5 Å². The summed E-state index contributed by atoms with van der Waals surface area (Å²) < 4.78 is 0. The molecule has 3 aromatic heterocycles. The van der Waals surface area contributed by atoms with Gasteiger partial charge in [0.2, 0.25) is 0 Å². The van der Waals surface area contributed by atoms with Gasteiger partial charge < -0.3 is 14.8 Å². The van der Waals surface area contributed by atoms with Crippen molar-refractivity contribution in [3.63, 3.8) is 0 Å². The monoisotopic (exact) mass is 446 g/mol. The van der Waals surface area contributed by atoms with Crippen LogP contribution < -0.4 is 10.5 Å². The SMILES string of the molecule is CCc1cc2ncc(CN3CCN(c4ccc(C(=O)N5CCCC5)nc4)CC3)cc2[nH]c1=O. The molecule has 172 valence electrons. The lowest BCUT2D eigenvalue weighted by atomic mass is 10.1. The van der Waals surface area contributed by atoms with Crippen LogP contribution in [0.4, 0.5) is 5.69 Å². The van der Waals surface area contributed by atoms with E-state index in [2.05, 4.69) is 24.8 Å². The van der Waals surface area contributed by atoms with E-state index in [0.29, 0.717) is 12.1 Å². The van der Waals surface area contributed by atoms with Crippen molar-refractivity contribution in [2.24, 2.45) is 0 Å². The minimum atomic E-state index is -0.0284. The Kier molecular flexibility index (Phi) is 6.09. The van der Waals surface area contributed by atoms with E-state index in [1.54, 1.807) is 0 Å². The number of H-pyrrole nitrogens is 1. The Balaban J connectivity index is 1.19. The number of amides is 1. The van der Waals surface area contributed by atoms with Crippen LogP contribution in [0.2, 0.25) is 0 Å². The van der Waals surface area contributed by atoms with Crippen LogP contribution >= 0.6 is 0 Å². The molecule has 0 atom stereocenters. The summed E-state index contributed by atoms with van der Waals surface area (Å²) in [6.45, 7) is 8.12. The number of pyridine rings is 3. The van der Waals surface area contributed by atoms with Crippen LogP contribution in [0.5, 0.6) is 0 Å². The number of rotatable bonds is 5. The van der Waals surface area contributed by atoms with Gasteiger partial charge in [0.1, 0.15) is 5.69 Å². The molecule has 2 saturated heterocycles. The van der Waals surface area contributed by atoms with Crippen molar-refractivity contribution < 1.29 is 4.79 Å². The number of aromatic amines is 1. The fourth-order valence-corrected chi connectivity index (χ4v) is 4.72. The molecule has 8 heteroatoms. The maximum atomic E-state index is 12.5. The molecule has 2 aliphatic rings. The first-order valence-corrected chi connectivity index (χ1v) is 11.8. The zero-order valence-corrected chi connectivity index (χ0v) is 19.1. The molecule has 2 fully saturated rings. The van der Waals surface area contributed by atoms with Crippen molar-refractivity contribution in [1.82, 2.24) is 24.8 Å². The molecule has 5 rings (SSSR count). The highest BCUT2D eigenvalue weighted by Crippen LogP contribution is 2.19. The molecule has 33 heavy (non-hydrogen) atoms. The van der Waals surface area contributed by atoms with Gasteiger partial charge >= 0.3 is 0 Å². The predicted octanol–water partition coefficient (Wildman–Crippen LogP) is 2.44. The normalized spacial score (nSPS) is 17.1. The number of nitrogens with one attached hydrogen (secondary N) is 1. The highest BCUT2D eigenvalue weighted by atomic mass is 16.2. The second kappa shape index (κ2) is 9.31. The molecule has 5 heterocycles. The molecule has 2 aliphatic heterocycles. The molecular formula is C25H30N6O2. The van der Waals surface area contributed by atoms with E-state index in [0.717, 1.165) is 86.5 Å². The van der Waals surface area contributed by atoms with Crippen molar-refractivity contribution in [3.8, 4) is 0 Å². The summed E-state index contributed by atoms with van der Waals surface area (Å²) in [5.74, 6) is 0.0418. The summed E-state index contributed by atoms with van der Waals surface area (Å²) in [7, 11) is 0. The maximum Gasteiger partial charge on any atom is 0.272 e. The molecule has 8 nitrogen and oxygen atoms in total. The lowest BCUT2D eigenvalue weighted by Gasteiger charge is -2.36. The van der Waals surface area contributed by atoms with Crippen LogP contribution in [0, 0.1) is 0 Å². The Morgan fingerprint density at radius 3 is 2.48 bits per heavy atom. The first-order chi connectivity index (χ1) is 16.1. The molecule has 1 amide bonds. The predicted molar refractivity (Wildman–Crippen MR) is 129 cm³/mol. The number of hydrogen-bond acceptors (Lipinski definition) is 6. The number of carbonyl (C=O) groups excluding carboxylic acids is 1. The van der Waals surface area contributed by atoms with Crippen LogP contribution in [0.25, 0.3) is 11.0 Å². The van der Waals surface area contributed by atoms with Gasteiger partial charge in [-0.3, -0.25) is 19.5 Å². The van der Waals surface area contributed by atoms with Crippen molar-refractivity contribution in [2.75, 3.05) is 44.2 Å². The Labute approximate surface area is 193 Å². The van der Waals surface area contributed by atoms with E-state index >= 15 is 0 Å². The second-order valence-electron chi connectivity index (χ2n) is 8.92. The van der Waals surface area contributed by atoms with E-state index in [9.17, 15) is 9.59 Å². The van der Waals surface area contributed by atoms with Crippen LogP contribution in [0.3, 0.4) is 0 Å². The summed E-state index contributed by atoms with van der Waals surface area (Å²) in [4.78, 5) is 43.2. The quantitative estimate of drug-likeness (QED) is 0.648. The van der Waals surface area contributed by atoms with E-state index in [1.165, 1.54) is 0 Å². The Morgan fingerprint density at radius 1 is 1.00 bits per heavy atom. The van der Waals surface area contributed by atoms with Crippen LogP contribution in [-0.2, 0) is 13.0 Å². The summed E-state index contributed by atoms with van der Waals surface area (Å²) in [6, 6.07) is 7.79. The molecule has 3 aromatic rings. The molecule has 0 bridgehead atoms. The average molecular weight is 447 g/mol. The minimum Gasteiger partial charge on any atom is -0.368 e. The third kappa shape index (κ3) is 4.61. The first kappa shape index (κ1) is 21.6. The van der Waals surface area contributed by atoms with Crippen LogP contribution in [-0.4, -0.2) is 69.9 Å². The van der Waals surface area contributed by atoms with Gasteiger partial charge in [-0.05, 0) is 49.1 Å². The number of nitrogens with zero attached hydrogens (tertiary/aromatic N) is 5. The Morgan fingerprint density at radius 2 is 1.79 bits per heavy atom. The summed E-state index contributed by atoms with van der Waals surface area (Å²) >= 11 is 0. The average Bonchev–Trinajstić information content (AvgIpc) is 3.39. The Hall–Kier alpha value is -3.26. The van der Waals surface area contributed by atoms with Crippen molar-refractivity contribution in [2.45, 2.75) is 32.7 Å². The van der Waals surface area contributed by atoms with Gasteiger partial charge in [-0.15, -0.1) is 0 Å². The fourth-order valence-electron chi connectivity index (χ4n) is 4.72. The molecule has 0 aliphatic carbocycles. The molecule has 1 N–H and O–H groups in total. The number of carbonyl (C=O) groups is 1. The lowest BCUT2D eigenvalue weighted by molar-refractivity contribution is 0.0787. The highest BCUT2D eigenvalue weighted by molar-refractivity contribution is 5.92. The summed E-state index contributed by atoms with van der Waals surface area (Å²) in [6.07, 6.45) is 6.60. The highest BCUT2D eigenvalue weighted by Gasteiger charge is 2.22. The standard InChI is InChI=1S/C25H30N6O2/c1-2-19-14-22-23(28-24(19)32)13-18(15-26-22)17-29-9-11-30(12-10-29)20-5-6-21(27-16-20)25(33)31-7-3-4-8-31/h5-6,13-16H,2-4,7-12,17H2,1H3,(H,28,32). The molecule has 0 radical (unpaired) electrons. The number of fused-ring (bicyclic) bond motifs is 1. The zero-order chi connectivity index (χ0) is 22.8. The third-order valence-electron chi connectivity index (χ3n) is 6.71. The molecule has 0 aromatic carbocycles. The fraction of sp³-hybridized carbons (Fsp3) is 0.440. The van der Waals surface area contributed by atoms with E-state index in [-0.39, 0.29) is 11.5 Å². The molecule has 0 unspecified atom stereocenters. The molecule has 0 saturated carbocycles. The Bertz CT molecular complexity index is 1190. The van der Waals surface area contributed by atoms with Gasteiger partial charge in [0, 0.05) is 57.6 Å². The van der Waals surface area contributed by atoms with Crippen molar-refractivity contribution in [1.29, 1.82) is 0 Å². The number of aryl methyl sites for hydroxylation is 1. The topological polar surface area (TPSA) is 85.4 Å². The molecule has 0 spiro atoms. The van der Waals surface area contributed by atoms with Crippen molar-refractivity contribution >= 4 is 22.6 Å². The van der Waals surface area contributed by atoms with Gasteiger partial charge in [0.15, 0.2) is 0 Å².